The van der Waals surface area contributed by atoms with Gasteiger partial charge in [-0.2, -0.15) is 0 Å². The number of aromatic nitrogens is 2. The van der Waals surface area contributed by atoms with E-state index < -0.39 is 21.5 Å². The Balaban J connectivity index is 2.68. The molecule has 0 aliphatic rings. The van der Waals surface area contributed by atoms with E-state index in [4.69, 9.17) is 5.84 Å². The molecule has 20 heavy (non-hydrogen) atoms. The summed E-state index contributed by atoms with van der Waals surface area (Å²) in [5, 5.41) is 2.64. The van der Waals surface area contributed by atoms with Crippen molar-refractivity contribution in [2.24, 2.45) is 5.84 Å². The van der Waals surface area contributed by atoms with Crippen LogP contribution in [0.3, 0.4) is 0 Å². The van der Waals surface area contributed by atoms with E-state index >= 15 is 0 Å². The number of nitrogens with zero attached hydrogens (tertiary/aromatic N) is 2. The molecule has 1 aromatic rings. The number of nitrogens with one attached hydrogen (secondary N) is 3. The standard InChI is InChI=1S/C10H18N6O3S/c1-10(2,3)15-8(17)6-14-20(18,19)7-4-12-9(16-11)13-5-7/h4-5,14H,6,11H2,1-3H3,(H,15,17)(H,12,13,16). The summed E-state index contributed by atoms with van der Waals surface area (Å²) in [6, 6.07) is 0. The SMILES string of the molecule is CC(C)(C)NC(=O)CNS(=O)(=O)c1cnc(NN)nc1. The van der Waals surface area contributed by atoms with Gasteiger partial charge < -0.3 is 5.32 Å². The van der Waals surface area contributed by atoms with Gasteiger partial charge in [-0.25, -0.2) is 29.0 Å². The van der Waals surface area contributed by atoms with Crippen molar-refractivity contribution in [2.75, 3.05) is 12.0 Å². The average molecular weight is 302 g/mol. The van der Waals surface area contributed by atoms with Crippen LogP contribution in [0.15, 0.2) is 17.3 Å². The fourth-order valence-electron chi connectivity index (χ4n) is 1.24. The highest BCUT2D eigenvalue weighted by atomic mass is 32.2. The van der Waals surface area contributed by atoms with Crippen molar-refractivity contribution in [3.8, 4) is 0 Å². The van der Waals surface area contributed by atoms with Crippen LogP contribution in [0.2, 0.25) is 0 Å². The fraction of sp³-hybridized carbons (Fsp3) is 0.500. The van der Waals surface area contributed by atoms with Crippen LogP contribution in [-0.2, 0) is 14.8 Å². The second-order valence-electron chi connectivity index (χ2n) is 5.01. The van der Waals surface area contributed by atoms with Crippen LogP contribution >= 0.6 is 0 Å². The lowest BCUT2D eigenvalue weighted by molar-refractivity contribution is -0.121. The summed E-state index contributed by atoms with van der Waals surface area (Å²) in [4.78, 5) is 18.8. The minimum Gasteiger partial charge on any atom is -0.350 e. The van der Waals surface area contributed by atoms with Gasteiger partial charge in [0.25, 0.3) is 0 Å². The molecule has 0 atom stereocenters. The van der Waals surface area contributed by atoms with Crippen molar-refractivity contribution >= 4 is 21.9 Å². The van der Waals surface area contributed by atoms with Crippen molar-refractivity contribution in [2.45, 2.75) is 31.2 Å². The van der Waals surface area contributed by atoms with E-state index in [-0.39, 0.29) is 17.4 Å². The first-order valence-electron chi connectivity index (χ1n) is 5.73. The zero-order chi connectivity index (χ0) is 15.4. The topological polar surface area (TPSA) is 139 Å². The molecule has 1 rings (SSSR count). The number of amides is 1. The molecule has 9 nitrogen and oxygen atoms in total. The van der Waals surface area contributed by atoms with E-state index in [9.17, 15) is 13.2 Å². The normalized spacial score (nSPS) is 12.0. The van der Waals surface area contributed by atoms with Gasteiger partial charge in [0.1, 0.15) is 4.90 Å². The third-order valence-electron chi connectivity index (χ3n) is 2.00. The summed E-state index contributed by atoms with van der Waals surface area (Å²) in [6.45, 7) is 5.03. The molecule has 10 heteroatoms. The van der Waals surface area contributed by atoms with Gasteiger partial charge in [-0.3, -0.25) is 10.2 Å². The lowest BCUT2D eigenvalue weighted by atomic mass is 10.1. The zero-order valence-corrected chi connectivity index (χ0v) is 12.3. The molecule has 112 valence electrons. The minimum absolute atomic E-state index is 0.0921. The molecular formula is C10H18N6O3S. The predicted octanol–water partition coefficient (Wildman–Crippen LogP) is -1.04. The molecule has 0 bridgehead atoms. The van der Waals surface area contributed by atoms with Crippen LogP contribution < -0.4 is 21.3 Å². The van der Waals surface area contributed by atoms with Crippen molar-refractivity contribution in [3.63, 3.8) is 0 Å². The predicted molar refractivity (Wildman–Crippen MR) is 72.9 cm³/mol. The first kappa shape index (κ1) is 16.3. The molecule has 0 radical (unpaired) electrons. The van der Waals surface area contributed by atoms with Crippen molar-refractivity contribution < 1.29 is 13.2 Å². The van der Waals surface area contributed by atoms with Crippen molar-refractivity contribution in [3.05, 3.63) is 12.4 Å². The van der Waals surface area contributed by atoms with Crippen molar-refractivity contribution in [1.82, 2.24) is 20.0 Å². The monoisotopic (exact) mass is 302 g/mol. The Morgan fingerprint density at radius 1 is 1.30 bits per heavy atom. The molecule has 1 aromatic heterocycles. The third-order valence-corrected chi connectivity index (χ3v) is 3.36. The lowest BCUT2D eigenvalue weighted by Gasteiger charge is -2.20. The van der Waals surface area contributed by atoms with Gasteiger partial charge in [-0.05, 0) is 20.8 Å². The molecule has 0 saturated carbocycles. The maximum Gasteiger partial charge on any atom is 0.244 e. The van der Waals surface area contributed by atoms with E-state index in [2.05, 4.69) is 25.4 Å². The number of anilines is 1. The molecule has 0 saturated heterocycles. The molecular weight excluding hydrogens is 284 g/mol. The van der Waals surface area contributed by atoms with Gasteiger partial charge in [-0.1, -0.05) is 0 Å². The maximum absolute atomic E-state index is 11.9. The maximum atomic E-state index is 11.9. The molecule has 1 heterocycles. The van der Waals surface area contributed by atoms with E-state index in [1.807, 2.05) is 0 Å². The van der Waals surface area contributed by atoms with Crippen molar-refractivity contribution in [1.29, 1.82) is 0 Å². The number of sulfonamides is 1. The molecule has 0 aliphatic heterocycles. The number of carbonyl (C=O) groups excluding carboxylic acids is 1. The Kier molecular flexibility index (Phi) is 4.98. The first-order valence-corrected chi connectivity index (χ1v) is 7.22. The molecule has 5 N–H and O–H groups in total. The van der Waals surface area contributed by atoms with Gasteiger partial charge in [0, 0.05) is 5.54 Å². The highest BCUT2D eigenvalue weighted by Gasteiger charge is 2.19. The van der Waals surface area contributed by atoms with Crippen LogP contribution in [0, 0.1) is 0 Å². The Bertz CT molecular complexity index is 564. The summed E-state index contributed by atoms with van der Waals surface area (Å²) in [7, 11) is -3.84. The Labute approximate surface area is 117 Å². The van der Waals surface area contributed by atoms with Gasteiger partial charge in [-0.15, -0.1) is 0 Å². The van der Waals surface area contributed by atoms with E-state index in [0.717, 1.165) is 12.4 Å². The highest BCUT2D eigenvalue weighted by molar-refractivity contribution is 7.89. The molecule has 0 aromatic carbocycles. The second kappa shape index (κ2) is 6.11. The molecule has 0 fully saturated rings. The first-order chi connectivity index (χ1) is 9.14. The van der Waals surface area contributed by atoms with Gasteiger partial charge in [0.2, 0.25) is 21.9 Å². The summed E-state index contributed by atoms with van der Waals surface area (Å²) in [5.41, 5.74) is 1.75. The summed E-state index contributed by atoms with van der Waals surface area (Å²) in [6.07, 6.45) is 2.18. The molecule has 0 spiro atoms. The Morgan fingerprint density at radius 3 is 2.30 bits per heavy atom. The third kappa shape index (κ3) is 5.07. The Hall–Kier alpha value is -1.78. The number of hydrogen-bond donors (Lipinski definition) is 4. The zero-order valence-electron chi connectivity index (χ0n) is 11.5. The number of nitrogen functional groups attached to an aromatic ring is 1. The van der Waals surface area contributed by atoms with E-state index in [1.165, 1.54) is 0 Å². The molecule has 1 amide bonds. The summed E-state index contributed by atoms with van der Waals surface area (Å²) in [5.74, 6) is 4.74. The summed E-state index contributed by atoms with van der Waals surface area (Å²) < 4.78 is 25.9. The van der Waals surface area contributed by atoms with E-state index in [1.54, 1.807) is 20.8 Å². The second-order valence-corrected chi connectivity index (χ2v) is 6.78. The average Bonchev–Trinajstić information content (AvgIpc) is 2.35. The smallest absolute Gasteiger partial charge is 0.244 e. The van der Waals surface area contributed by atoms with Gasteiger partial charge in [0.05, 0.1) is 18.9 Å². The lowest BCUT2D eigenvalue weighted by Crippen LogP contribution is -2.45. The van der Waals surface area contributed by atoms with Crippen LogP contribution in [0.4, 0.5) is 5.95 Å². The quantitative estimate of drug-likeness (QED) is 0.402. The van der Waals surface area contributed by atoms with Gasteiger partial charge >= 0.3 is 0 Å². The van der Waals surface area contributed by atoms with Crippen LogP contribution in [0.5, 0.6) is 0 Å². The van der Waals surface area contributed by atoms with Crippen LogP contribution in [-0.4, -0.2) is 36.4 Å². The largest absolute Gasteiger partial charge is 0.350 e. The molecule has 0 aliphatic carbocycles. The number of hydrogen-bond acceptors (Lipinski definition) is 7. The van der Waals surface area contributed by atoms with E-state index in [0.29, 0.717) is 0 Å². The van der Waals surface area contributed by atoms with Crippen LogP contribution in [0.1, 0.15) is 20.8 Å². The number of nitrogens with two attached hydrogens (primary N) is 1. The highest BCUT2D eigenvalue weighted by Crippen LogP contribution is 2.06. The number of hydrazine groups is 1. The number of rotatable bonds is 5. The van der Waals surface area contributed by atoms with Gasteiger partial charge in [0.15, 0.2) is 0 Å². The minimum atomic E-state index is -3.84. The molecule has 0 unspecified atom stereocenters. The number of carbonyl (C=O) groups is 1. The Morgan fingerprint density at radius 2 is 1.85 bits per heavy atom. The summed E-state index contributed by atoms with van der Waals surface area (Å²) >= 11 is 0. The fourth-order valence-corrected chi connectivity index (χ4v) is 2.11. The van der Waals surface area contributed by atoms with Crippen LogP contribution in [0.25, 0.3) is 0 Å².